The Hall–Kier alpha value is -3.07. The van der Waals surface area contributed by atoms with Gasteiger partial charge >= 0.3 is 5.97 Å². The summed E-state index contributed by atoms with van der Waals surface area (Å²) in [6.07, 6.45) is 0.977. The largest absolute Gasteiger partial charge is 0.497 e. The molecule has 26 heavy (non-hydrogen) atoms. The average Bonchev–Trinajstić information content (AvgIpc) is 2.59. The zero-order valence-corrected chi connectivity index (χ0v) is 15.0. The minimum Gasteiger partial charge on any atom is -0.497 e. The second kappa shape index (κ2) is 7.87. The fourth-order valence-corrected chi connectivity index (χ4v) is 3.11. The van der Waals surface area contributed by atoms with Crippen molar-refractivity contribution in [3.63, 3.8) is 0 Å². The number of benzene rings is 2. The maximum atomic E-state index is 12.3. The van der Waals surface area contributed by atoms with Gasteiger partial charge in [-0.15, -0.1) is 0 Å². The fraction of sp³-hybridized carbons (Fsp3) is 0.176. The van der Waals surface area contributed by atoms with Gasteiger partial charge in [-0.3, -0.25) is 9.10 Å². The molecule has 9 heteroatoms. The summed E-state index contributed by atoms with van der Waals surface area (Å²) < 4.78 is 30.2. The second-order valence-corrected chi connectivity index (χ2v) is 7.28. The summed E-state index contributed by atoms with van der Waals surface area (Å²) in [6, 6.07) is 12.1. The van der Waals surface area contributed by atoms with E-state index in [4.69, 9.17) is 9.84 Å². The molecule has 138 valence electrons. The van der Waals surface area contributed by atoms with E-state index in [1.54, 1.807) is 18.2 Å². The van der Waals surface area contributed by atoms with Crippen LogP contribution in [0.25, 0.3) is 0 Å². The number of ether oxygens (including phenoxy) is 1. The number of carboxylic acid groups (broad SMARTS) is 1. The first-order valence-electron chi connectivity index (χ1n) is 7.46. The molecule has 0 aliphatic heterocycles. The lowest BCUT2D eigenvalue weighted by atomic mass is 10.2. The Kier molecular flexibility index (Phi) is 5.83. The number of methoxy groups -OCH3 is 1. The predicted molar refractivity (Wildman–Crippen MR) is 97.2 cm³/mol. The molecule has 0 saturated heterocycles. The van der Waals surface area contributed by atoms with Crippen molar-refractivity contribution in [1.82, 2.24) is 0 Å². The summed E-state index contributed by atoms with van der Waals surface area (Å²) >= 11 is 0. The summed E-state index contributed by atoms with van der Waals surface area (Å²) in [6.45, 7) is -0.514. The maximum Gasteiger partial charge on any atom is 0.337 e. The third kappa shape index (κ3) is 4.73. The van der Waals surface area contributed by atoms with Gasteiger partial charge in [0.2, 0.25) is 15.9 Å². The second-order valence-electron chi connectivity index (χ2n) is 5.37. The first kappa shape index (κ1) is 19.3. The van der Waals surface area contributed by atoms with Gasteiger partial charge in [0.05, 0.1) is 30.3 Å². The van der Waals surface area contributed by atoms with Gasteiger partial charge in [-0.05, 0) is 24.3 Å². The number of amides is 1. The van der Waals surface area contributed by atoms with E-state index in [2.05, 4.69) is 5.32 Å². The van der Waals surface area contributed by atoms with Crippen LogP contribution in [-0.4, -0.2) is 45.3 Å². The highest BCUT2D eigenvalue weighted by Gasteiger charge is 2.22. The lowest BCUT2D eigenvalue weighted by Crippen LogP contribution is -2.37. The Balaban J connectivity index is 2.27. The number of rotatable bonds is 7. The van der Waals surface area contributed by atoms with Crippen molar-refractivity contribution in [2.75, 3.05) is 29.5 Å². The topological polar surface area (TPSA) is 113 Å². The zero-order chi connectivity index (χ0) is 19.3. The molecule has 2 aromatic rings. The van der Waals surface area contributed by atoms with Gasteiger partial charge in [0, 0.05) is 6.07 Å². The first-order chi connectivity index (χ1) is 12.2. The molecule has 0 fully saturated rings. The number of carboxylic acids is 1. The normalized spacial score (nSPS) is 10.8. The minimum absolute atomic E-state index is 0.0871. The molecule has 0 aromatic heterocycles. The Morgan fingerprint density at radius 2 is 1.85 bits per heavy atom. The van der Waals surface area contributed by atoms with Crippen molar-refractivity contribution in [3.8, 4) is 5.75 Å². The van der Waals surface area contributed by atoms with E-state index in [1.165, 1.54) is 37.4 Å². The summed E-state index contributed by atoms with van der Waals surface area (Å²) in [4.78, 5) is 23.5. The Labute approximate surface area is 151 Å². The molecule has 0 aliphatic rings. The molecule has 2 rings (SSSR count). The lowest BCUT2D eigenvalue weighted by molar-refractivity contribution is -0.114. The summed E-state index contributed by atoms with van der Waals surface area (Å²) in [5.74, 6) is -1.44. The van der Waals surface area contributed by atoms with Crippen LogP contribution in [-0.2, 0) is 14.8 Å². The van der Waals surface area contributed by atoms with Crippen LogP contribution >= 0.6 is 0 Å². The SMILES string of the molecule is COc1cccc(N(CC(=O)Nc2ccccc2C(=O)O)S(C)(=O)=O)c1. The Morgan fingerprint density at radius 3 is 2.46 bits per heavy atom. The van der Waals surface area contributed by atoms with Gasteiger partial charge in [-0.25, -0.2) is 13.2 Å². The third-order valence-electron chi connectivity index (χ3n) is 3.46. The summed E-state index contributed by atoms with van der Waals surface area (Å²) in [7, 11) is -2.31. The van der Waals surface area contributed by atoms with Gasteiger partial charge in [0.25, 0.3) is 0 Å². The van der Waals surface area contributed by atoms with Crippen molar-refractivity contribution < 1.29 is 27.9 Å². The van der Waals surface area contributed by atoms with Crippen molar-refractivity contribution in [2.24, 2.45) is 0 Å². The number of nitrogens with one attached hydrogen (secondary N) is 1. The Morgan fingerprint density at radius 1 is 1.15 bits per heavy atom. The minimum atomic E-state index is -3.76. The van der Waals surface area contributed by atoms with Crippen LogP contribution in [0.5, 0.6) is 5.75 Å². The smallest absolute Gasteiger partial charge is 0.337 e. The van der Waals surface area contributed by atoms with Crippen LogP contribution in [0.3, 0.4) is 0 Å². The maximum absolute atomic E-state index is 12.3. The van der Waals surface area contributed by atoms with Gasteiger partial charge in [-0.2, -0.15) is 0 Å². The fourth-order valence-electron chi connectivity index (χ4n) is 2.26. The van der Waals surface area contributed by atoms with Crippen molar-refractivity contribution in [1.29, 1.82) is 0 Å². The molecular weight excluding hydrogens is 360 g/mol. The van der Waals surface area contributed by atoms with Crippen LogP contribution in [0.15, 0.2) is 48.5 Å². The molecule has 8 nitrogen and oxygen atoms in total. The molecule has 2 aromatic carbocycles. The molecule has 2 N–H and O–H groups in total. The molecule has 0 spiro atoms. The van der Waals surface area contributed by atoms with Gasteiger partial charge < -0.3 is 15.2 Å². The van der Waals surface area contributed by atoms with Crippen molar-refractivity contribution in [2.45, 2.75) is 0 Å². The van der Waals surface area contributed by atoms with Gasteiger partial charge in [0.15, 0.2) is 0 Å². The predicted octanol–water partition coefficient (Wildman–Crippen LogP) is 1.80. The number of para-hydroxylation sites is 1. The monoisotopic (exact) mass is 378 g/mol. The van der Waals surface area contributed by atoms with Crippen LogP contribution in [0, 0.1) is 0 Å². The molecule has 0 bridgehead atoms. The highest BCUT2D eigenvalue weighted by atomic mass is 32.2. The van der Waals surface area contributed by atoms with Gasteiger partial charge in [-0.1, -0.05) is 18.2 Å². The quantitative estimate of drug-likeness (QED) is 0.760. The molecule has 0 aliphatic carbocycles. The van der Waals surface area contributed by atoms with E-state index in [9.17, 15) is 18.0 Å². The van der Waals surface area contributed by atoms with Gasteiger partial charge in [0.1, 0.15) is 12.3 Å². The highest BCUT2D eigenvalue weighted by molar-refractivity contribution is 7.92. The van der Waals surface area contributed by atoms with Crippen LogP contribution in [0.2, 0.25) is 0 Å². The molecular formula is C17H18N2O6S. The van der Waals surface area contributed by atoms with Crippen molar-refractivity contribution in [3.05, 3.63) is 54.1 Å². The first-order valence-corrected chi connectivity index (χ1v) is 9.31. The average molecular weight is 378 g/mol. The summed E-state index contributed by atoms with van der Waals surface area (Å²) in [5.41, 5.74) is 0.255. The standard InChI is InChI=1S/C17H18N2O6S/c1-25-13-7-5-6-12(10-13)19(26(2,23)24)11-16(20)18-15-9-4-3-8-14(15)17(21)22/h3-10H,11H2,1-2H3,(H,18,20)(H,21,22). The van der Waals surface area contributed by atoms with E-state index in [0.717, 1.165) is 10.6 Å². The Bertz CT molecular complexity index is 926. The van der Waals surface area contributed by atoms with Crippen molar-refractivity contribution >= 4 is 33.3 Å². The number of carbonyl (C=O) groups excluding carboxylic acids is 1. The van der Waals surface area contributed by atoms with E-state index in [-0.39, 0.29) is 16.9 Å². The highest BCUT2D eigenvalue weighted by Crippen LogP contribution is 2.23. The molecule has 0 unspecified atom stereocenters. The number of aromatic carboxylic acids is 1. The number of anilines is 2. The molecule has 1 amide bonds. The molecule has 0 heterocycles. The molecule has 0 radical (unpaired) electrons. The number of nitrogens with zero attached hydrogens (tertiary/aromatic N) is 1. The lowest BCUT2D eigenvalue weighted by Gasteiger charge is -2.22. The number of carbonyl (C=O) groups is 2. The van der Waals surface area contributed by atoms with E-state index in [0.29, 0.717) is 5.75 Å². The molecule has 0 saturated carbocycles. The van der Waals surface area contributed by atoms with E-state index in [1.807, 2.05) is 0 Å². The number of hydrogen-bond acceptors (Lipinski definition) is 5. The third-order valence-corrected chi connectivity index (χ3v) is 4.60. The van der Waals surface area contributed by atoms with Crippen LogP contribution < -0.4 is 14.4 Å². The van der Waals surface area contributed by atoms with E-state index < -0.39 is 28.4 Å². The number of hydrogen-bond donors (Lipinski definition) is 2. The van der Waals surface area contributed by atoms with Crippen LogP contribution in [0.1, 0.15) is 10.4 Å². The van der Waals surface area contributed by atoms with Crippen LogP contribution in [0.4, 0.5) is 11.4 Å². The van der Waals surface area contributed by atoms with E-state index >= 15 is 0 Å². The summed E-state index contributed by atoms with van der Waals surface area (Å²) in [5, 5.41) is 11.6. The molecule has 0 atom stereocenters. The zero-order valence-electron chi connectivity index (χ0n) is 14.2. The number of sulfonamides is 1.